The number of non-ortho nitro benzene ring substituents is 1. The maximum Gasteiger partial charge on any atom is 0.270 e. The van der Waals surface area contributed by atoms with Crippen LogP contribution in [0.1, 0.15) is 5.56 Å². The van der Waals surface area contributed by atoms with E-state index in [1.54, 1.807) is 30.3 Å². The Bertz CT molecular complexity index is 1310. The number of hydrogen-bond acceptors (Lipinski definition) is 9. The summed E-state index contributed by atoms with van der Waals surface area (Å²) in [6, 6.07) is 14.8. The van der Waals surface area contributed by atoms with Crippen LogP contribution in [-0.4, -0.2) is 40.9 Å². The zero-order valence-electron chi connectivity index (χ0n) is 18.5. The minimum absolute atomic E-state index is 0.0322. The first-order chi connectivity index (χ1) is 16.3. The normalized spacial score (nSPS) is 11.1. The highest BCUT2D eigenvalue weighted by Crippen LogP contribution is 2.31. The highest BCUT2D eigenvalue weighted by atomic mass is 32.2. The number of hydrazone groups is 1. The van der Waals surface area contributed by atoms with E-state index in [9.17, 15) is 18.5 Å². The maximum atomic E-state index is 13.1. The van der Waals surface area contributed by atoms with Crippen molar-refractivity contribution >= 4 is 33.3 Å². The number of ether oxygens (including phenoxy) is 3. The van der Waals surface area contributed by atoms with Crippen molar-refractivity contribution in [3.8, 4) is 17.2 Å². The number of nitro groups is 1. The first-order valence-corrected chi connectivity index (χ1v) is 11.2. The molecule has 0 heterocycles. The van der Waals surface area contributed by atoms with Crippen LogP contribution in [0.3, 0.4) is 0 Å². The molecule has 178 valence electrons. The molecular weight excluding hydrogens is 464 g/mol. The number of nitro benzene ring substituents is 1. The number of nitrogens with one attached hydrogen (secondary N) is 2. The molecule has 2 N–H and O–H groups in total. The smallest absolute Gasteiger partial charge is 0.270 e. The Morgan fingerprint density at radius 3 is 2.32 bits per heavy atom. The Labute approximate surface area is 196 Å². The van der Waals surface area contributed by atoms with Gasteiger partial charge in [-0.15, -0.1) is 0 Å². The fraction of sp³-hybridized carbons (Fsp3) is 0.136. The second-order valence-corrected chi connectivity index (χ2v) is 8.38. The number of methoxy groups -OCH3 is 3. The molecule has 0 aliphatic heterocycles. The van der Waals surface area contributed by atoms with Crippen molar-refractivity contribution in [1.82, 2.24) is 0 Å². The average Bonchev–Trinajstić information content (AvgIpc) is 2.84. The van der Waals surface area contributed by atoms with Crippen LogP contribution in [-0.2, 0) is 10.0 Å². The van der Waals surface area contributed by atoms with E-state index < -0.39 is 14.9 Å². The summed E-state index contributed by atoms with van der Waals surface area (Å²) in [6.45, 7) is 0. The van der Waals surface area contributed by atoms with Crippen molar-refractivity contribution in [3.05, 3.63) is 76.3 Å². The van der Waals surface area contributed by atoms with Gasteiger partial charge in [-0.3, -0.25) is 20.3 Å². The monoisotopic (exact) mass is 486 g/mol. The number of para-hydroxylation sites is 1. The number of anilines is 2. The third-order valence-corrected chi connectivity index (χ3v) is 6.05. The molecule has 11 nitrogen and oxygen atoms in total. The van der Waals surface area contributed by atoms with E-state index >= 15 is 0 Å². The lowest BCUT2D eigenvalue weighted by Crippen LogP contribution is -2.15. The molecule has 12 heteroatoms. The summed E-state index contributed by atoms with van der Waals surface area (Å²) in [4.78, 5) is 10.2. The molecule has 3 aromatic rings. The largest absolute Gasteiger partial charge is 0.497 e. The van der Waals surface area contributed by atoms with Gasteiger partial charge in [0.15, 0.2) is 11.5 Å². The Morgan fingerprint density at radius 2 is 1.71 bits per heavy atom. The molecule has 3 aromatic carbocycles. The van der Waals surface area contributed by atoms with Gasteiger partial charge in [0.1, 0.15) is 10.6 Å². The highest BCUT2D eigenvalue weighted by molar-refractivity contribution is 7.92. The second kappa shape index (κ2) is 10.5. The van der Waals surface area contributed by atoms with E-state index in [2.05, 4.69) is 15.2 Å². The molecule has 0 amide bonds. The first kappa shape index (κ1) is 24.3. The van der Waals surface area contributed by atoms with E-state index in [1.807, 2.05) is 0 Å². The Hall–Kier alpha value is -4.32. The van der Waals surface area contributed by atoms with Gasteiger partial charge in [-0.1, -0.05) is 6.07 Å². The molecule has 0 radical (unpaired) electrons. The molecular formula is C22H22N4O7S. The molecule has 0 aromatic heterocycles. The van der Waals surface area contributed by atoms with Gasteiger partial charge in [-0.2, -0.15) is 5.10 Å². The molecule has 0 saturated carbocycles. The van der Waals surface area contributed by atoms with Gasteiger partial charge in [-0.05, 0) is 42.5 Å². The quantitative estimate of drug-likeness (QED) is 0.250. The zero-order chi connectivity index (χ0) is 24.7. The van der Waals surface area contributed by atoms with Gasteiger partial charge >= 0.3 is 0 Å². The van der Waals surface area contributed by atoms with Crippen LogP contribution in [0, 0.1) is 10.1 Å². The Kier molecular flexibility index (Phi) is 7.53. The molecule has 0 spiro atoms. The van der Waals surface area contributed by atoms with E-state index in [0.29, 0.717) is 22.8 Å². The van der Waals surface area contributed by atoms with Crippen molar-refractivity contribution in [1.29, 1.82) is 0 Å². The fourth-order valence-electron chi connectivity index (χ4n) is 2.99. The van der Waals surface area contributed by atoms with Gasteiger partial charge < -0.3 is 14.2 Å². The van der Waals surface area contributed by atoms with Gasteiger partial charge in [-0.25, -0.2) is 8.42 Å². The van der Waals surface area contributed by atoms with Gasteiger partial charge in [0.25, 0.3) is 15.7 Å². The predicted molar refractivity (Wildman–Crippen MR) is 128 cm³/mol. The third kappa shape index (κ3) is 5.53. The minimum Gasteiger partial charge on any atom is -0.497 e. The van der Waals surface area contributed by atoms with Gasteiger partial charge in [0.2, 0.25) is 0 Å². The van der Waals surface area contributed by atoms with E-state index in [-0.39, 0.29) is 22.0 Å². The van der Waals surface area contributed by atoms with Crippen molar-refractivity contribution in [2.24, 2.45) is 5.10 Å². The first-order valence-electron chi connectivity index (χ1n) is 9.74. The number of hydrogen-bond donors (Lipinski definition) is 2. The molecule has 0 fully saturated rings. The lowest BCUT2D eigenvalue weighted by Gasteiger charge is -2.13. The van der Waals surface area contributed by atoms with E-state index in [1.165, 1.54) is 51.8 Å². The van der Waals surface area contributed by atoms with Crippen molar-refractivity contribution in [3.63, 3.8) is 0 Å². The minimum atomic E-state index is -4.21. The predicted octanol–water partition coefficient (Wildman–Crippen LogP) is 3.87. The summed E-state index contributed by atoms with van der Waals surface area (Å²) in [5, 5.41) is 15.3. The molecule has 3 rings (SSSR count). The van der Waals surface area contributed by atoms with E-state index in [4.69, 9.17) is 14.2 Å². The molecule has 0 bridgehead atoms. The molecule has 0 aliphatic carbocycles. The van der Waals surface area contributed by atoms with Gasteiger partial charge in [0.05, 0.1) is 38.2 Å². The van der Waals surface area contributed by atoms with Crippen molar-refractivity contribution < 1.29 is 27.6 Å². The summed E-state index contributed by atoms with van der Waals surface area (Å²) >= 11 is 0. The second-order valence-electron chi connectivity index (χ2n) is 6.72. The molecule has 34 heavy (non-hydrogen) atoms. The van der Waals surface area contributed by atoms with Crippen LogP contribution in [0.2, 0.25) is 0 Å². The number of benzene rings is 3. The third-order valence-electron chi connectivity index (χ3n) is 4.63. The van der Waals surface area contributed by atoms with Crippen molar-refractivity contribution in [2.75, 3.05) is 31.5 Å². The zero-order valence-corrected chi connectivity index (χ0v) is 19.3. The van der Waals surface area contributed by atoms with Crippen molar-refractivity contribution in [2.45, 2.75) is 4.90 Å². The standard InChI is InChI=1S/C22H22N4O7S/c1-31-18-10-7-16(8-11-18)25-34(29,30)21-13-17(26(27)28)9-12-19(21)24-23-14-15-5-4-6-20(32-2)22(15)33-3/h4-14,24-25H,1-3H3/b23-14-. The Balaban J connectivity index is 1.94. The van der Waals surface area contributed by atoms with Crippen LogP contribution in [0.25, 0.3) is 0 Å². The van der Waals surface area contributed by atoms with E-state index in [0.717, 1.165) is 6.07 Å². The van der Waals surface area contributed by atoms with Crippen LogP contribution in [0.4, 0.5) is 17.1 Å². The molecule has 0 unspecified atom stereocenters. The number of nitrogens with zero attached hydrogens (tertiary/aromatic N) is 2. The number of sulfonamides is 1. The summed E-state index contributed by atoms with van der Waals surface area (Å²) in [5.74, 6) is 1.48. The SMILES string of the molecule is COc1ccc(NS(=O)(=O)c2cc([N+](=O)[O-])ccc2N/N=C\c2cccc(OC)c2OC)cc1. The van der Waals surface area contributed by atoms with Crippen LogP contribution in [0.5, 0.6) is 17.2 Å². The average molecular weight is 487 g/mol. The fourth-order valence-corrected chi connectivity index (χ4v) is 4.23. The van der Waals surface area contributed by atoms with Crippen LogP contribution in [0.15, 0.2) is 70.7 Å². The lowest BCUT2D eigenvalue weighted by molar-refractivity contribution is -0.385. The summed E-state index contributed by atoms with van der Waals surface area (Å²) in [6.07, 6.45) is 1.41. The van der Waals surface area contributed by atoms with Crippen LogP contribution >= 0.6 is 0 Å². The molecule has 0 atom stereocenters. The molecule has 0 aliphatic rings. The Morgan fingerprint density at radius 1 is 0.971 bits per heavy atom. The van der Waals surface area contributed by atoms with Crippen LogP contribution < -0.4 is 24.4 Å². The summed E-state index contributed by atoms with van der Waals surface area (Å²) in [7, 11) is 0.255. The number of rotatable bonds is 10. The summed E-state index contributed by atoms with van der Waals surface area (Å²) in [5.41, 5.74) is 3.10. The highest BCUT2D eigenvalue weighted by Gasteiger charge is 2.23. The topological polar surface area (TPSA) is 141 Å². The summed E-state index contributed by atoms with van der Waals surface area (Å²) < 4.78 is 44.2. The molecule has 0 saturated heterocycles. The maximum absolute atomic E-state index is 13.1. The van der Waals surface area contributed by atoms with Gasteiger partial charge in [0, 0.05) is 23.4 Å². The lowest BCUT2D eigenvalue weighted by atomic mass is 10.2.